The second kappa shape index (κ2) is 13.9. The smallest absolute Gasteiger partial charge is 0.0622 e. The van der Waals surface area contributed by atoms with E-state index in [0.29, 0.717) is 0 Å². The summed E-state index contributed by atoms with van der Waals surface area (Å²) in [7, 11) is 0. The van der Waals surface area contributed by atoms with Crippen LogP contribution in [0.3, 0.4) is 0 Å². The first kappa shape index (κ1) is 34.8. The minimum absolute atomic E-state index is 0.102. The minimum atomic E-state index is -0.102. The van der Waals surface area contributed by atoms with Crippen molar-refractivity contribution in [1.29, 1.82) is 0 Å². The van der Waals surface area contributed by atoms with Crippen LogP contribution in [0.25, 0.3) is 83.1 Å². The first-order valence-electron chi connectivity index (χ1n) is 20.5. The van der Waals surface area contributed by atoms with Gasteiger partial charge in [-0.1, -0.05) is 178 Å². The molecule has 9 aromatic carbocycles. The summed E-state index contributed by atoms with van der Waals surface area (Å²) in [5.41, 5.74) is 20.6. The number of hydrogen-bond acceptors (Lipinski definition) is 1. The van der Waals surface area contributed by atoms with Gasteiger partial charge in [-0.3, -0.25) is 0 Å². The molecule has 0 aliphatic heterocycles. The van der Waals surface area contributed by atoms with E-state index in [1.807, 2.05) is 0 Å². The number of anilines is 2. The van der Waals surface area contributed by atoms with Crippen molar-refractivity contribution in [3.63, 3.8) is 0 Å². The SMILES string of the molecule is CC1(C)c2ccccc2-c2c1ccc1c3cc(-c4cccc(-c5ccccc5Nc5ccc(-c6ccccc6)cc5)c4)ccc3n(-c3cccc(-c4ccccc4)c3)c21. The first-order chi connectivity index (χ1) is 29.0. The molecule has 10 aromatic rings. The third-order valence-electron chi connectivity index (χ3n) is 12.4. The van der Waals surface area contributed by atoms with Gasteiger partial charge >= 0.3 is 0 Å². The molecule has 0 radical (unpaired) electrons. The summed E-state index contributed by atoms with van der Waals surface area (Å²) in [4.78, 5) is 0. The van der Waals surface area contributed by atoms with Crippen molar-refractivity contribution in [3.8, 4) is 61.3 Å². The van der Waals surface area contributed by atoms with Crippen LogP contribution in [-0.2, 0) is 5.41 Å². The number of nitrogens with one attached hydrogen (secondary N) is 1. The van der Waals surface area contributed by atoms with E-state index in [0.717, 1.165) is 22.6 Å². The second-order valence-electron chi connectivity index (χ2n) is 16.2. The highest BCUT2D eigenvalue weighted by molar-refractivity contribution is 6.16. The normalized spacial score (nSPS) is 12.7. The lowest BCUT2D eigenvalue weighted by Gasteiger charge is -2.21. The maximum absolute atomic E-state index is 3.72. The fraction of sp³-hybridized carbons (Fsp3) is 0.0526. The highest BCUT2D eigenvalue weighted by Crippen LogP contribution is 2.53. The highest BCUT2D eigenvalue weighted by Gasteiger charge is 2.37. The van der Waals surface area contributed by atoms with Crippen LogP contribution in [0.4, 0.5) is 11.4 Å². The summed E-state index contributed by atoms with van der Waals surface area (Å²) < 4.78 is 2.52. The minimum Gasteiger partial charge on any atom is -0.355 e. The Bertz CT molecular complexity index is 3190. The Morgan fingerprint density at radius 3 is 1.75 bits per heavy atom. The van der Waals surface area contributed by atoms with Crippen molar-refractivity contribution in [3.05, 3.63) is 223 Å². The molecule has 0 bridgehead atoms. The van der Waals surface area contributed by atoms with E-state index in [2.05, 4.69) is 236 Å². The molecule has 1 N–H and O–H groups in total. The van der Waals surface area contributed by atoms with Crippen molar-refractivity contribution in [2.45, 2.75) is 19.3 Å². The van der Waals surface area contributed by atoms with Crippen LogP contribution in [0.5, 0.6) is 0 Å². The quantitative estimate of drug-likeness (QED) is 0.171. The molecule has 0 amide bonds. The van der Waals surface area contributed by atoms with Crippen LogP contribution >= 0.6 is 0 Å². The Labute approximate surface area is 345 Å². The lowest BCUT2D eigenvalue weighted by Crippen LogP contribution is -2.14. The molecule has 1 aliphatic rings. The van der Waals surface area contributed by atoms with Gasteiger partial charge in [-0.2, -0.15) is 0 Å². The Morgan fingerprint density at radius 1 is 0.390 bits per heavy atom. The van der Waals surface area contributed by atoms with Gasteiger partial charge in [0.15, 0.2) is 0 Å². The van der Waals surface area contributed by atoms with Crippen molar-refractivity contribution in [2.24, 2.45) is 0 Å². The molecule has 2 nitrogen and oxygen atoms in total. The third kappa shape index (κ3) is 5.87. The van der Waals surface area contributed by atoms with Gasteiger partial charge in [0.2, 0.25) is 0 Å². The van der Waals surface area contributed by atoms with E-state index in [1.54, 1.807) is 0 Å². The van der Waals surface area contributed by atoms with Crippen LogP contribution in [0.2, 0.25) is 0 Å². The van der Waals surface area contributed by atoms with E-state index in [1.165, 1.54) is 83.0 Å². The molecule has 0 atom stereocenters. The number of para-hydroxylation sites is 1. The van der Waals surface area contributed by atoms with Crippen LogP contribution in [0.15, 0.2) is 212 Å². The summed E-state index contributed by atoms with van der Waals surface area (Å²) in [5, 5.41) is 6.23. The zero-order valence-corrected chi connectivity index (χ0v) is 33.2. The molecular formula is C57H42N2. The van der Waals surface area contributed by atoms with Crippen molar-refractivity contribution in [1.82, 2.24) is 4.57 Å². The van der Waals surface area contributed by atoms with Crippen molar-refractivity contribution < 1.29 is 0 Å². The molecular weight excluding hydrogens is 713 g/mol. The maximum atomic E-state index is 3.72. The molecule has 0 saturated carbocycles. The van der Waals surface area contributed by atoms with Gasteiger partial charge in [-0.05, 0) is 104 Å². The molecule has 1 aliphatic carbocycles. The zero-order valence-electron chi connectivity index (χ0n) is 33.2. The lowest BCUT2D eigenvalue weighted by atomic mass is 9.82. The van der Waals surface area contributed by atoms with Crippen LogP contribution < -0.4 is 5.32 Å². The summed E-state index contributed by atoms with van der Waals surface area (Å²) in [6, 6.07) is 77.3. The molecule has 0 spiro atoms. The predicted octanol–water partition coefficient (Wildman–Crippen LogP) is 15.5. The van der Waals surface area contributed by atoms with Gasteiger partial charge in [0.1, 0.15) is 0 Å². The molecule has 280 valence electrons. The van der Waals surface area contributed by atoms with E-state index in [4.69, 9.17) is 0 Å². The Morgan fingerprint density at radius 2 is 0.966 bits per heavy atom. The highest BCUT2D eigenvalue weighted by atomic mass is 15.0. The number of hydrogen-bond donors (Lipinski definition) is 1. The van der Waals surface area contributed by atoms with Crippen LogP contribution in [0, 0.1) is 0 Å². The molecule has 1 heterocycles. The largest absolute Gasteiger partial charge is 0.355 e. The van der Waals surface area contributed by atoms with Crippen LogP contribution in [-0.4, -0.2) is 4.57 Å². The van der Waals surface area contributed by atoms with Gasteiger partial charge in [0, 0.05) is 44.4 Å². The number of fused-ring (bicyclic) bond motifs is 7. The van der Waals surface area contributed by atoms with Gasteiger partial charge in [-0.15, -0.1) is 0 Å². The van der Waals surface area contributed by atoms with Gasteiger partial charge in [-0.25, -0.2) is 0 Å². The number of nitrogens with zero attached hydrogens (tertiary/aromatic N) is 1. The van der Waals surface area contributed by atoms with E-state index < -0.39 is 0 Å². The lowest BCUT2D eigenvalue weighted by molar-refractivity contribution is 0.661. The van der Waals surface area contributed by atoms with E-state index in [-0.39, 0.29) is 5.41 Å². The van der Waals surface area contributed by atoms with Crippen molar-refractivity contribution in [2.75, 3.05) is 5.32 Å². The van der Waals surface area contributed by atoms with Crippen LogP contribution in [0.1, 0.15) is 25.0 Å². The topological polar surface area (TPSA) is 17.0 Å². The monoisotopic (exact) mass is 754 g/mol. The standard InChI is InChI=1S/C57H42N2/c1-57(2)51-25-11-9-24-49(51)55-52(57)33-32-48-50-37-43(29-34-54(50)59(56(48)55)46-22-14-20-42(36-46)39-17-7-4-8-18-39)41-19-13-21-44(35-41)47-23-10-12-26-53(47)58-45-30-27-40(28-31-45)38-15-5-3-6-16-38/h3-37,58H,1-2H3. The fourth-order valence-electron chi connectivity index (χ4n) is 9.44. The first-order valence-corrected chi connectivity index (χ1v) is 20.5. The zero-order chi connectivity index (χ0) is 39.5. The van der Waals surface area contributed by atoms with E-state index in [9.17, 15) is 0 Å². The average Bonchev–Trinajstić information content (AvgIpc) is 3.75. The van der Waals surface area contributed by atoms with Crippen molar-refractivity contribution >= 4 is 33.2 Å². The molecule has 59 heavy (non-hydrogen) atoms. The fourth-order valence-corrected chi connectivity index (χ4v) is 9.44. The van der Waals surface area contributed by atoms with Gasteiger partial charge in [0.25, 0.3) is 0 Å². The Balaban J connectivity index is 1.04. The second-order valence-corrected chi connectivity index (χ2v) is 16.2. The van der Waals surface area contributed by atoms with Gasteiger partial charge < -0.3 is 9.88 Å². The Hall–Kier alpha value is -7.42. The van der Waals surface area contributed by atoms with Gasteiger partial charge in [0.05, 0.1) is 11.0 Å². The Kier molecular flexibility index (Phi) is 8.20. The molecule has 0 unspecified atom stereocenters. The molecule has 11 rings (SSSR count). The molecule has 0 saturated heterocycles. The summed E-state index contributed by atoms with van der Waals surface area (Å²) in [6.07, 6.45) is 0. The molecule has 1 aromatic heterocycles. The summed E-state index contributed by atoms with van der Waals surface area (Å²) in [5.74, 6) is 0. The summed E-state index contributed by atoms with van der Waals surface area (Å²) in [6.45, 7) is 4.74. The number of benzene rings is 9. The summed E-state index contributed by atoms with van der Waals surface area (Å²) >= 11 is 0. The third-order valence-corrected chi connectivity index (χ3v) is 12.4. The maximum Gasteiger partial charge on any atom is 0.0622 e. The number of rotatable bonds is 7. The van der Waals surface area contributed by atoms with E-state index >= 15 is 0 Å². The average molecular weight is 755 g/mol. The number of aromatic nitrogens is 1. The molecule has 0 fully saturated rings. The predicted molar refractivity (Wildman–Crippen MR) is 250 cm³/mol. The molecule has 2 heteroatoms.